The zero-order chi connectivity index (χ0) is 15.5. The van der Waals surface area contributed by atoms with Crippen molar-refractivity contribution in [3.63, 3.8) is 0 Å². The van der Waals surface area contributed by atoms with Crippen molar-refractivity contribution < 1.29 is 4.79 Å². The summed E-state index contributed by atoms with van der Waals surface area (Å²) in [5, 5.41) is 3.47. The highest BCUT2D eigenvalue weighted by Gasteiger charge is 2.43. The highest BCUT2D eigenvalue weighted by atomic mass is 16.1. The van der Waals surface area contributed by atoms with Gasteiger partial charge in [-0.15, -0.1) is 0 Å². The van der Waals surface area contributed by atoms with Gasteiger partial charge >= 0.3 is 0 Å². The zero-order valence-corrected chi connectivity index (χ0v) is 13.9. The average molecular weight is 296 g/mol. The van der Waals surface area contributed by atoms with E-state index in [1.165, 1.54) is 6.42 Å². The molecule has 0 aromatic rings. The Bertz CT molecular complexity index is 362. The number of nitrogens with zero attached hydrogens (tertiary/aromatic N) is 2. The van der Waals surface area contributed by atoms with Crippen LogP contribution in [0.4, 0.5) is 0 Å². The summed E-state index contributed by atoms with van der Waals surface area (Å²) in [6.07, 6.45) is 5.07. The summed E-state index contributed by atoms with van der Waals surface area (Å²) in [7, 11) is 2.19. The lowest BCUT2D eigenvalue weighted by Crippen LogP contribution is -2.63. The second-order valence-electron chi connectivity index (χ2n) is 6.97. The van der Waals surface area contributed by atoms with Crippen LogP contribution in [0.5, 0.6) is 0 Å². The Morgan fingerprint density at radius 2 is 2.19 bits per heavy atom. The maximum absolute atomic E-state index is 12.1. The first-order chi connectivity index (χ1) is 9.98. The molecule has 21 heavy (non-hydrogen) atoms. The quantitative estimate of drug-likeness (QED) is 0.787. The Balaban J connectivity index is 2.06. The van der Waals surface area contributed by atoms with E-state index in [4.69, 9.17) is 5.73 Å². The van der Waals surface area contributed by atoms with Crippen LogP contribution in [0.25, 0.3) is 0 Å². The molecule has 1 aliphatic heterocycles. The maximum atomic E-state index is 12.1. The molecule has 3 unspecified atom stereocenters. The number of nitrogens with two attached hydrogens (primary N) is 1. The SMILES string of the molecule is CCCNC1(C(N)=O)CCCC(N2CCN(C)CC2C)C1. The number of amides is 1. The van der Waals surface area contributed by atoms with Crippen molar-refractivity contribution in [1.29, 1.82) is 0 Å². The van der Waals surface area contributed by atoms with E-state index >= 15 is 0 Å². The number of hydrogen-bond acceptors (Lipinski definition) is 4. The van der Waals surface area contributed by atoms with Gasteiger partial charge in [-0.25, -0.2) is 0 Å². The molecule has 3 atom stereocenters. The van der Waals surface area contributed by atoms with Crippen LogP contribution >= 0.6 is 0 Å². The van der Waals surface area contributed by atoms with Gasteiger partial charge in [0.25, 0.3) is 0 Å². The van der Waals surface area contributed by atoms with E-state index in [1.807, 2.05) is 0 Å². The van der Waals surface area contributed by atoms with Crippen LogP contribution < -0.4 is 11.1 Å². The first-order valence-electron chi connectivity index (χ1n) is 8.47. The summed E-state index contributed by atoms with van der Waals surface area (Å²) in [6, 6.07) is 1.04. The van der Waals surface area contributed by atoms with Crippen LogP contribution in [0.1, 0.15) is 46.0 Å². The van der Waals surface area contributed by atoms with Crippen LogP contribution in [0, 0.1) is 0 Å². The lowest BCUT2D eigenvalue weighted by molar-refractivity contribution is -0.127. The Kier molecular flexibility index (Phi) is 5.63. The molecule has 0 aromatic heterocycles. The summed E-state index contributed by atoms with van der Waals surface area (Å²) in [5.41, 5.74) is 5.28. The van der Waals surface area contributed by atoms with Gasteiger partial charge in [0.05, 0.1) is 5.54 Å². The largest absolute Gasteiger partial charge is 0.368 e. The minimum Gasteiger partial charge on any atom is -0.368 e. The molecule has 0 bridgehead atoms. The van der Waals surface area contributed by atoms with Crippen molar-refractivity contribution in [3.05, 3.63) is 0 Å². The fourth-order valence-electron chi connectivity index (χ4n) is 4.06. The van der Waals surface area contributed by atoms with Crippen molar-refractivity contribution in [2.45, 2.75) is 63.6 Å². The molecule has 2 fully saturated rings. The van der Waals surface area contributed by atoms with E-state index in [-0.39, 0.29) is 5.91 Å². The highest BCUT2D eigenvalue weighted by molar-refractivity contribution is 5.84. The molecule has 0 spiro atoms. The van der Waals surface area contributed by atoms with E-state index < -0.39 is 5.54 Å². The molecule has 5 nitrogen and oxygen atoms in total. The fraction of sp³-hybridized carbons (Fsp3) is 0.938. The summed E-state index contributed by atoms with van der Waals surface area (Å²) in [4.78, 5) is 17.1. The van der Waals surface area contributed by atoms with Crippen LogP contribution in [0.3, 0.4) is 0 Å². The molecule has 1 heterocycles. The topological polar surface area (TPSA) is 61.6 Å². The second kappa shape index (κ2) is 7.07. The molecule has 2 aliphatic rings. The summed E-state index contributed by atoms with van der Waals surface area (Å²) in [5.74, 6) is -0.164. The lowest BCUT2D eigenvalue weighted by atomic mass is 9.77. The number of likely N-dealkylation sites (N-methyl/N-ethyl adjacent to an activating group) is 1. The summed E-state index contributed by atoms with van der Waals surface area (Å²) < 4.78 is 0. The van der Waals surface area contributed by atoms with Crippen molar-refractivity contribution in [2.75, 3.05) is 33.2 Å². The number of carbonyl (C=O) groups excluding carboxylic acids is 1. The standard InChI is InChI=1S/C16H32N4O/c1-4-8-18-16(15(17)21)7-5-6-14(11-16)20-10-9-19(3)12-13(20)2/h13-14,18H,4-12H2,1-3H3,(H2,17,21). The molecular formula is C16H32N4O. The van der Waals surface area contributed by atoms with E-state index in [9.17, 15) is 4.79 Å². The third kappa shape index (κ3) is 3.76. The van der Waals surface area contributed by atoms with Crippen LogP contribution in [-0.2, 0) is 4.79 Å². The molecule has 122 valence electrons. The smallest absolute Gasteiger partial charge is 0.237 e. The van der Waals surface area contributed by atoms with Gasteiger partial charge in [-0.2, -0.15) is 0 Å². The minimum atomic E-state index is -0.484. The van der Waals surface area contributed by atoms with Crippen molar-refractivity contribution in [2.24, 2.45) is 5.73 Å². The molecular weight excluding hydrogens is 264 g/mol. The molecule has 0 aromatic carbocycles. The van der Waals surface area contributed by atoms with Gasteiger partial charge in [0.2, 0.25) is 5.91 Å². The Morgan fingerprint density at radius 3 is 2.81 bits per heavy atom. The van der Waals surface area contributed by atoms with Crippen molar-refractivity contribution in [1.82, 2.24) is 15.1 Å². The van der Waals surface area contributed by atoms with Crippen LogP contribution in [-0.4, -0.2) is 66.6 Å². The monoisotopic (exact) mass is 296 g/mol. The maximum Gasteiger partial charge on any atom is 0.237 e. The Hall–Kier alpha value is -0.650. The summed E-state index contributed by atoms with van der Waals surface area (Å²) in [6.45, 7) is 8.63. The molecule has 3 N–H and O–H groups in total. The predicted molar refractivity (Wildman–Crippen MR) is 86.1 cm³/mol. The molecule has 5 heteroatoms. The highest BCUT2D eigenvalue weighted by Crippen LogP contribution is 2.33. The van der Waals surface area contributed by atoms with Crippen LogP contribution in [0.15, 0.2) is 0 Å². The fourth-order valence-corrected chi connectivity index (χ4v) is 4.06. The number of piperazine rings is 1. The third-order valence-electron chi connectivity index (χ3n) is 5.26. The van der Waals surface area contributed by atoms with Gasteiger partial charge in [-0.05, 0) is 52.6 Å². The number of hydrogen-bond donors (Lipinski definition) is 2. The molecule has 1 saturated heterocycles. The summed E-state index contributed by atoms with van der Waals surface area (Å²) >= 11 is 0. The molecule has 1 aliphatic carbocycles. The first kappa shape index (κ1) is 16.7. The van der Waals surface area contributed by atoms with Gasteiger partial charge in [0.15, 0.2) is 0 Å². The number of primary amides is 1. The van der Waals surface area contributed by atoms with Gasteiger partial charge in [0, 0.05) is 31.7 Å². The number of nitrogens with one attached hydrogen (secondary N) is 1. The van der Waals surface area contributed by atoms with Gasteiger partial charge in [0.1, 0.15) is 0 Å². The van der Waals surface area contributed by atoms with E-state index in [1.54, 1.807) is 0 Å². The van der Waals surface area contributed by atoms with Gasteiger partial charge < -0.3 is 16.0 Å². The van der Waals surface area contributed by atoms with E-state index in [0.717, 1.165) is 51.9 Å². The van der Waals surface area contributed by atoms with Gasteiger partial charge in [-0.3, -0.25) is 9.69 Å². The third-order valence-corrected chi connectivity index (χ3v) is 5.26. The Morgan fingerprint density at radius 1 is 1.43 bits per heavy atom. The zero-order valence-electron chi connectivity index (χ0n) is 13.9. The predicted octanol–water partition coefficient (Wildman–Crippen LogP) is 0.789. The van der Waals surface area contributed by atoms with Crippen LogP contribution in [0.2, 0.25) is 0 Å². The molecule has 2 rings (SSSR count). The number of rotatable bonds is 5. The van der Waals surface area contributed by atoms with Crippen molar-refractivity contribution in [3.8, 4) is 0 Å². The van der Waals surface area contributed by atoms with E-state index in [0.29, 0.717) is 12.1 Å². The second-order valence-corrected chi connectivity index (χ2v) is 6.97. The van der Waals surface area contributed by atoms with Gasteiger partial charge in [-0.1, -0.05) is 6.92 Å². The average Bonchev–Trinajstić information content (AvgIpc) is 2.45. The normalized spacial score (nSPS) is 35.8. The molecule has 1 amide bonds. The number of carbonyl (C=O) groups is 1. The van der Waals surface area contributed by atoms with E-state index in [2.05, 4.69) is 36.0 Å². The lowest BCUT2D eigenvalue weighted by Gasteiger charge is -2.48. The molecule has 1 saturated carbocycles. The Labute approximate surface area is 129 Å². The minimum absolute atomic E-state index is 0.164. The first-order valence-corrected chi connectivity index (χ1v) is 8.47. The molecule has 0 radical (unpaired) electrons. The van der Waals surface area contributed by atoms with Crippen molar-refractivity contribution >= 4 is 5.91 Å².